The highest BCUT2D eigenvalue weighted by atomic mass is 35.5. The summed E-state index contributed by atoms with van der Waals surface area (Å²) in [6.07, 6.45) is 3.73. The van der Waals surface area contributed by atoms with Crippen LogP contribution in [0, 0.1) is 0 Å². The minimum atomic E-state index is -1.43. The SMILES string of the molecule is C[Si](C)(C)O/C=C\c1ccc(Cl)cc1. The third kappa shape index (κ3) is 4.49. The molecule has 0 unspecified atom stereocenters. The highest BCUT2D eigenvalue weighted by Gasteiger charge is 2.12. The number of benzene rings is 1. The summed E-state index contributed by atoms with van der Waals surface area (Å²) >= 11 is 5.77. The van der Waals surface area contributed by atoms with E-state index in [1.807, 2.05) is 30.3 Å². The Hall–Kier alpha value is -0.733. The summed E-state index contributed by atoms with van der Waals surface area (Å²) in [7, 11) is -1.43. The van der Waals surface area contributed by atoms with Crippen molar-refractivity contribution < 1.29 is 4.43 Å². The molecule has 0 aliphatic rings. The fraction of sp³-hybridized carbons (Fsp3) is 0.273. The van der Waals surface area contributed by atoms with E-state index in [9.17, 15) is 0 Å². The number of hydrogen-bond donors (Lipinski definition) is 0. The van der Waals surface area contributed by atoms with Crippen molar-refractivity contribution in [2.75, 3.05) is 0 Å². The van der Waals surface area contributed by atoms with E-state index in [4.69, 9.17) is 16.0 Å². The van der Waals surface area contributed by atoms with Crippen LogP contribution in [-0.2, 0) is 4.43 Å². The molecule has 1 aromatic carbocycles. The van der Waals surface area contributed by atoms with Crippen molar-refractivity contribution in [3.05, 3.63) is 41.1 Å². The van der Waals surface area contributed by atoms with Gasteiger partial charge in [-0.15, -0.1) is 0 Å². The van der Waals surface area contributed by atoms with Crippen LogP contribution in [0.2, 0.25) is 24.7 Å². The Balaban J connectivity index is 2.57. The van der Waals surface area contributed by atoms with Crippen molar-refractivity contribution >= 4 is 26.0 Å². The molecule has 0 saturated heterocycles. The predicted octanol–water partition coefficient (Wildman–Crippen LogP) is 4.16. The van der Waals surface area contributed by atoms with Gasteiger partial charge in [0.05, 0.1) is 6.26 Å². The van der Waals surface area contributed by atoms with E-state index in [-0.39, 0.29) is 0 Å². The zero-order chi connectivity index (χ0) is 10.6. The molecule has 0 bridgehead atoms. The molecule has 0 N–H and O–H groups in total. The van der Waals surface area contributed by atoms with Gasteiger partial charge in [0.2, 0.25) is 8.32 Å². The van der Waals surface area contributed by atoms with Gasteiger partial charge in [0.25, 0.3) is 0 Å². The summed E-state index contributed by atoms with van der Waals surface area (Å²) in [4.78, 5) is 0. The Morgan fingerprint density at radius 2 is 1.71 bits per heavy atom. The molecule has 14 heavy (non-hydrogen) atoms. The third-order valence-corrected chi connectivity index (χ3v) is 2.65. The van der Waals surface area contributed by atoms with Gasteiger partial charge < -0.3 is 4.43 Å². The van der Waals surface area contributed by atoms with Crippen molar-refractivity contribution in [3.8, 4) is 0 Å². The first-order valence-electron chi connectivity index (χ1n) is 4.57. The highest BCUT2D eigenvalue weighted by Crippen LogP contribution is 2.11. The first-order valence-corrected chi connectivity index (χ1v) is 8.36. The summed E-state index contributed by atoms with van der Waals surface area (Å²) in [6.45, 7) is 6.46. The van der Waals surface area contributed by atoms with Crippen LogP contribution in [0.1, 0.15) is 5.56 Å². The van der Waals surface area contributed by atoms with E-state index in [1.54, 1.807) is 6.26 Å². The van der Waals surface area contributed by atoms with Crippen molar-refractivity contribution in [2.45, 2.75) is 19.6 Å². The van der Waals surface area contributed by atoms with Gasteiger partial charge in [-0.1, -0.05) is 23.7 Å². The van der Waals surface area contributed by atoms with Gasteiger partial charge in [0, 0.05) is 5.02 Å². The van der Waals surface area contributed by atoms with Gasteiger partial charge in [0.15, 0.2) is 0 Å². The van der Waals surface area contributed by atoms with Gasteiger partial charge in [0.1, 0.15) is 0 Å². The first-order chi connectivity index (χ1) is 6.47. The molecule has 1 rings (SSSR count). The van der Waals surface area contributed by atoms with Crippen LogP contribution in [0.4, 0.5) is 0 Å². The molecular formula is C11H15ClOSi. The van der Waals surface area contributed by atoms with E-state index in [2.05, 4.69) is 19.6 Å². The summed E-state index contributed by atoms with van der Waals surface area (Å²) in [5, 5.41) is 0.758. The molecule has 76 valence electrons. The van der Waals surface area contributed by atoms with Gasteiger partial charge >= 0.3 is 0 Å². The second-order valence-electron chi connectivity index (χ2n) is 4.08. The van der Waals surface area contributed by atoms with Crippen LogP contribution in [0.3, 0.4) is 0 Å². The lowest BCUT2D eigenvalue weighted by molar-refractivity contribution is 0.483. The van der Waals surface area contributed by atoms with Gasteiger partial charge in [-0.25, -0.2) is 0 Å². The average Bonchev–Trinajstić information content (AvgIpc) is 2.06. The minimum absolute atomic E-state index is 0.758. The van der Waals surface area contributed by atoms with Gasteiger partial charge in [-0.3, -0.25) is 0 Å². The molecular weight excluding hydrogens is 212 g/mol. The van der Waals surface area contributed by atoms with Crippen molar-refractivity contribution in [3.63, 3.8) is 0 Å². The van der Waals surface area contributed by atoms with E-state index >= 15 is 0 Å². The van der Waals surface area contributed by atoms with Crippen LogP contribution in [0.5, 0.6) is 0 Å². The maximum absolute atomic E-state index is 5.77. The monoisotopic (exact) mass is 226 g/mol. The molecule has 0 atom stereocenters. The zero-order valence-corrected chi connectivity index (χ0v) is 10.5. The molecule has 1 aromatic rings. The Morgan fingerprint density at radius 1 is 1.14 bits per heavy atom. The Bertz CT molecular complexity index is 311. The summed E-state index contributed by atoms with van der Waals surface area (Å²) in [5.74, 6) is 0. The van der Waals surface area contributed by atoms with E-state index < -0.39 is 8.32 Å². The predicted molar refractivity (Wildman–Crippen MR) is 64.9 cm³/mol. The number of rotatable bonds is 3. The fourth-order valence-electron chi connectivity index (χ4n) is 0.891. The van der Waals surface area contributed by atoms with Crippen LogP contribution in [0.25, 0.3) is 6.08 Å². The standard InChI is InChI=1S/C11H15ClOSi/c1-14(2,3)13-9-8-10-4-6-11(12)7-5-10/h4-9H,1-3H3/b9-8-. The average molecular weight is 227 g/mol. The third-order valence-electron chi connectivity index (χ3n) is 1.55. The molecule has 0 aliphatic heterocycles. The molecule has 0 fully saturated rings. The molecule has 0 spiro atoms. The smallest absolute Gasteiger partial charge is 0.241 e. The lowest BCUT2D eigenvalue weighted by atomic mass is 10.2. The lowest BCUT2D eigenvalue weighted by Gasteiger charge is -2.14. The highest BCUT2D eigenvalue weighted by molar-refractivity contribution is 6.69. The molecule has 0 amide bonds. The zero-order valence-electron chi connectivity index (χ0n) is 8.75. The van der Waals surface area contributed by atoms with Crippen LogP contribution < -0.4 is 0 Å². The first kappa shape index (κ1) is 11.3. The summed E-state index contributed by atoms with van der Waals surface area (Å²) < 4.78 is 5.59. The van der Waals surface area contributed by atoms with Crippen molar-refractivity contribution in [1.82, 2.24) is 0 Å². The number of hydrogen-bond acceptors (Lipinski definition) is 1. The maximum atomic E-state index is 5.77. The number of halogens is 1. The molecule has 0 radical (unpaired) electrons. The molecule has 0 saturated carbocycles. The quantitative estimate of drug-likeness (QED) is 0.556. The molecule has 0 aromatic heterocycles. The second-order valence-corrected chi connectivity index (χ2v) is 8.98. The second kappa shape index (κ2) is 4.67. The molecule has 0 aliphatic carbocycles. The van der Waals surface area contributed by atoms with Gasteiger partial charge in [-0.05, 0) is 43.4 Å². The minimum Gasteiger partial charge on any atom is -0.550 e. The Labute approximate surface area is 91.5 Å². The normalized spacial score (nSPS) is 12.0. The van der Waals surface area contributed by atoms with Crippen molar-refractivity contribution in [1.29, 1.82) is 0 Å². The van der Waals surface area contributed by atoms with E-state index in [0.29, 0.717) is 0 Å². The molecule has 3 heteroatoms. The largest absolute Gasteiger partial charge is 0.550 e. The summed E-state index contributed by atoms with van der Waals surface area (Å²) in [5.41, 5.74) is 1.10. The summed E-state index contributed by atoms with van der Waals surface area (Å²) in [6, 6.07) is 7.67. The fourth-order valence-corrected chi connectivity index (χ4v) is 1.49. The molecule has 0 heterocycles. The lowest BCUT2D eigenvalue weighted by Crippen LogP contribution is -2.21. The molecule has 1 nitrogen and oxygen atoms in total. The topological polar surface area (TPSA) is 9.23 Å². The van der Waals surface area contributed by atoms with Gasteiger partial charge in [-0.2, -0.15) is 0 Å². The Kier molecular flexibility index (Phi) is 3.78. The Morgan fingerprint density at radius 3 is 2.21 bits per heavy atom. The van der Waals surface area contributed by atoms with Crippen molar-refractivity contribution in [2.24, 2.45) is 0 Å². The van der Waals surface area contributed by atoms with E-state index in [1.165, 1.54) is 0 Å². The van der Waals surface area contributed by atoms with Crippen LogP contribution in [-0.4, -0.2) is 8.32 Å². The van der Waals surface area contributed by atoms with Crippen LogP contribution >= 0.6 is 11.6 Å². The van der Waals surface area contributed by atoms with E-state index in [0.717, 1.165) is 10.6 Å². The van der Waals surface area contributed by atoms with Crippen LogP contribution in [0.15, 0.2) is 30.5 Å². The maximum Gasteiger partial charge on any atom is 0.241 e.